The summed E-state index contributed by atoms with van der Waals surface area (Å²) in [5.74, 6) is 0.575. The van der Waals surface area contributed by atoms with Crippen molar-refractivity contribution in [3.63, 3.8) is 0 Å². The monoisotopic (exact) mass is 263 g/mol. The molecule has 1 aromatic carbocycles. The number of esters is 1. The highest BCUT2D eigenvalue weighted by Gasteiger charge is 2.58. The van der Waals surface area contributed by atoms with Gasteiger partial charge < -0.3 is 14.8 Å². The number of rotatable bonds is 5. The van der Waals surface area contributed by atoms with E-state index in [1.807, 2.05) is 31.2 Å². The van der Waals surface area contributed by atoms with E-state index in [2.05, 4.69) is 12.2 Å². The summed E-state index contributed by atoms with van der Waals surface area (Å²) >= 11 is 0. The van der Waals surface area contributed by atoms with Gasteiger partial charge in [0.25, 0.3) is 0 Å². The molecule has 0 aromatic heterocycles. The van der Waals surface area contributed by atoms with Crippen molar-refractivity contribution in [3.8, 4) is 5.75 Å². The van der Waals surface area contributed by atoms with E-state index in [1.165, 1.54) is 7.11 Å². The average Bonchev–Trinajstić information content (AvgIpc) is 3.18. The Balaban J connectivity index is 2.23. The van der Waals surface area contributed by atoms with Crippen molar-refractivity contribution in [2.45, 2.75) is 32.2 Å². The second-order valence-corrected chi connectivity index (χ2v) is 5.53. The molecule has 4 heteroatoms. The third-order valence-electron chi connectivity index (χ3n) is 4.29. The Morgan fingerprint density at radius 3 is 2.26 bits per heavy atom. The fraction of sp³-hybridized carbons (Fsp3) is 0.533. The minimum atomic E-state index is -0.698. The molecular formula is C15H21NO3. The van der Waals surface area contributed by atoms with Gasteiger partial charge >= 0.3 is 5.97 Å². The molecule has 0 spiro atoms. The Morgan fingerprint density at radius 1 is 1.26 bits per heavy atom. The summed E-state index contributed by atoms with van der Waals surface area (Å²) < 4.78 is 10.1. The van der Waals surface area contributed by atoms with Crippen LogP contribution in [0.5, 0.6) is 5.75 Å². The molecule has 0 bridgehead atoms. The number of carbonyl (C=O) groups excluding carboxylic acids is 1. The largest absolute Gasteiger partial charge is 0.497 e. The van der Waals surface area contributed by atoms with Crippen molar-refractivity contribution in [2.75, 3.05) is 19.5 Å². The standard InChI is InChI=1S/C15H21NO3/c1-14(9-10-14)15(2,13(17)19-4)16-11-5-7-12(18-3)8-6-11/h5-8,16H,9-10H2,1-4H3. The molecule has 1 atom stereocenters. The Bertz CT molecular complexity index is 465. The lowest BCUT2D eigenvalue weighted by atomic mass is 9.83. The average molecular weight is 263 g/mol. The number of nitrogens with one attached hydrogen (secondary N) is 1. The fourth-order valence-corrected chi connectivity index (χ4v) is 2.30. The van der Waals surface area contributed by atoms with Gasteiger partial charge in [-0.05, 0) is 44.0 Å². The van der Waals surface area contributed by atoms with E-state index in [9.17, 15) is 4.79 Å². The van der Waals surface area contributed by atoms with Crippen LogP contribution in [-0.4, -0.2) is 25.7 Å². The van der Waals surface area contributed by atoms with E-state index in [0.29, 0.717) is 0 Å². The summed E-state index contributed by atoms with van der Waals surface area (Å²) in [6.45, 7) is 4.02. The number of hydrogen-bond acceptors (Lipinski definition) is 4. The van der Waals surface area contributed by atoms with Crippen LogP contribution in [0.3, 0.4) is 0 Å². The van der Waals surface area contributed by atoms with E-state index >= 15 is 0 Å². The molecule has 4 nitrogen and oxygen atoms in total. The Hall–Kier alpha value is -1.71. The maximum Gasteiger partial charge on any atom is 0.331 e. The lowest BCUT2D eigenvalue weighted by Gasteiger charge is -2.35. The molecule has 1 fully saturated rings. The Labute approximate surface area is 114 Å². The van der Waals surface area contributed by atoms with Crippen molar-refractivity contribution in [3.05, 3.63) is 24.3 Å². The van der Waals surface area contributed by atoms with E-state index in [-0.39, 0.29) is 11.4 Å². The molecular weight excluding hydrogens is 242 g/mol. The third kappa shape index (κ3) is 2.39. The number of benzene rings is 1. The highest BCUT2D eigenvalue weighted by molar-refractivity contribution is 5.86. The molecule has 1 saturated carbocycles. The van der Waals surface area contributed by atoms with Gasteiger partial charge in [-0.2, -0.15) is 0 Å². The molecule has 1 aromatic rings. The number of carbonyl (C=O) groups is 1. The first-order valence-electron chi connectivity index (χ1n) is 6.46. The number of methoxy groups -OCH3 is 2. The van der Waals surface area contributed by atoms with Gasteiger partial charge in [-0.15, -0.1) is 0 Å². The maximum atomic E-state index is 12.1. The number of anilines is 1. The van der Waals surface area contributed by atoms with Crippen LogP contribution in [0.2, 0.25) is 0 Å². The SMILES string of the molecule is COC(=O)C(C)(Nc1ccc(OC)cc1)C1(C)CC1. The van der Waals surface area contributed by atoms with Crippen LogP contribution < -0.4 is 10.1 Å². The Morgan fingerprint density at radius 2 is 1.84 bits per heavy atom. The molecule has 0 heterocycles. The van der Waals surface area contributed by atoms with Crippen LogP contribution in [0, 0.1) is 5.41 Å². The van der Waals surface area contributed by atoms with Crippen LogP contribution in [0.25, 0.3) is 0 Å². The van der Waals surface area contributed by atoms with Gasteiger partial charge in [0.15, 0.2) is 0 Å². The topological polar surface area (TPSA) is 47.6 Å². The van der Waals surface area contributed by atoms with E-state index in [0.717, 1.165) is 24.3 Å². The zero-order valence-corrected chi connectivity index (χ0v) is 11.9. The first-order chi connectivity index (χ1) is 8.95. The first-order valence-corrected chi connectivity index (χ1v) is 6.46. The van der Waals surface area contributed by atoms with Crippen molar-refractivity contribution in [2.24, 2.45) is 5.41 Å². The summed E-state index contributed by atoms with van der Waals surface area (Å²) in [7, 11) is 3.06. The van der Waals surface area contributed by atoms with E-state index in [4.69, 9.17) is 9.47 Å². The lowest BCUT2D eigenvalue weighted by molar-refractivity contribution is -0.147. The molecule has 0 radical (unpaired) electrons. The third-order valence-corrected chi connectivity index (χ3v) is 4.29. The highest BCUT2D eigenvalue weighted by atomic mass is 16.5. The quantitative estimate of drug-likeness (QED) is 0.830. The van der Waals surface area contributed by atoms with Crippen molar-refractivity contribution < 1.29 is 14.3 Å². The first kappa shape index (κ1) is 13.7. The maximum absolute atomic E-state index is 12.1. The molecule has 0 amide bonds. The van der Waals surface area contributed by atoms with Gasteiger partial charge in [-0.25, -0.2) is 4.79 Å². The van der Waals surface area contributed by atoms with Crippen LogP contribution in [-0.2, 0) is 9.53 Å². The van der Waals surface area contributed by atoms with Crippen molar-refractivity contribution in [1.29, 1.82) is 0 Å². The van der Waals surface area contributed by atoms with Crippen LogP contribution >= 0.6 is 0 Å². The minimum absolute atomic E-state index is 0.0416. The predicted molar refractivity (Wildman–Crippen MR) is 74.4 cm³/mol. The van der Waals surface area contributed by atoms with Crippen LogP contribution in [0.1, 0.15) is 26.7 Å². The van der Waals surface area contributed by atoms with Gasteiger partial charge in [-0.1, -0.05) is 6.92 Å². The second kappa shape index (κ2) is 4.76. The van der Waals surface area contributed by atoms with Gasteiger partial charge in [0, 0.05) is 11.1 Å². The highest BCUT2D eigenvalue weighted by Crippen LogP contribution is 2.55. The summed E-state index contributed by atoms with van der Waals surface area (Å²) in [5, 5.41) is 3.33. The Kier molecular flexibility index (Phi) is 3.43. The van der Waals surface area contributed by atoms with E-state index in [1.54, 1.807) is 7.11 Å². The molecule has 1 aliphatic rings. The molecule has 1 N–H and O–H groups in total. The van der Waals surface area contributed by atoms with E-state index < -0.39 is 5.54 Å². The molecule has 0 saturated heterocycles. The number of hydrogen-bond donors (Lipinski definition) is 1. The normalized spacial score (nSPS) is 19.2. The zero-order valence-electron chi connectivity index (χ0n) is 11.9. The van der Waals surface area contributed by atoms with Crippen LogP contribution in [0.15, 0.2) is 24.3 Å². The van der Waals surface area contributed by atoms with Crippen molar-refractivity contribution >= 4 is 11.7 Å². The van der Waals surface area contributed by atoms with Gasteiger partial charge in [0.05, 0.1) is 14.2 Å². The fourth-order valence-electron chi connectivity index (χ4n) is 2.30. The minimum Gasteiger partial charge on any atom is -0.497 e. The molecule has 0 aliphatic heterocycles. The van der Waals surface area contributed by atoms with Crippen molar-refractivity contribution in [1.82, 2.24) is 0 Å². The molecule has 104 valence electrons. The lowest BCUT2D eigenvalue weighted by Crippen LogP contribution is -2.51. The molecule has 2 rings (SSSR count). The van der Waals surface area contributed by atoms with Gasteiger partial charge in [0.2, 0.25) is 0 Å². The summed E-state index contributed by atoms with van der Waals surface area (Å²) in [5.41, 5.74) is 0.151. The van der Waals surface area contributed by atoms with Gasteiger partial charge in [-0.3, -0.25) is 0 Å². The predicted octanol–water partition coefficient (Wildman–Crippen LogP) is 2.84. The molecule has 1 aliphatic carbocycles. The summed E-state index contributed by atoms with van der Waals surface area (Å²) in [6.07, 6.45) is 2.06. The number of ether oxygens (including phenoxy) is 2. The summed E-state index contributed by atoms with van der Waals surface area (Å²) in [6, 6.07) is 7.56. The second-order valence-electron chi connectivity index (χ2n) is 5.53. The van der Waals surface area contributed by atoms with Gasteiger partial charge in [0.1, 0.15) is 11.3 Å². The summed E-state index contributed by atoms with van der Waals surface area (Å²) in [4.78, 5) is 12.1. The molecule has 19 heavy (non-hydrogen) atoms. The van der Waals surface area contributed by atoms with Crippen LogP contribution in [0.4, 0.5) is 5.69 Å². The molecule has 1 unspecified atom stereocenters. The smallest absolute Gasteiger partial charge is 0.331 e. The zero-order chi connectivity index (χ0) is 14.1.